The second-order valence-electron chi connectivity index (χ2n) is 4.03. The van der Waals surface area contributed by atoms with Crippen LogP contribution in [0.5, 0.6) is 0 Å². The third-order valence-corrected chi connectivity index (χ3v) is 3.11. The largest absolute Gasteiger partial charge is 0.367 e. The van der Waals surface area contributed by atoms with Crippen molar-refractivity contribution in [3.05, 3.63) is 58.7 Å². The minimum absolute atomic E-state index is 0.162. The lowest BCUT2D eigenvalue weighted by Gasteiger charge is -2.14. The van der Waals surface area contributed by atoms with Crippen LogP contribution in [0.25, 0.3) is 0 Å². The molecule has 0 fully saturated rings. The van der Waals surface area contributed by atoms with E-state index in [9.17, 15) is 0 Å². The van der Waals surface area contributed by atoms with Crippen LogP contribution in [-0.4, -0.2) is 11.5 Å². The average molecular weight is 273 g/mol. The highest BCUT2D eigenvalue weighted by Gasteiger charge is 2.09. The van der Waals surface area contributed by atoms with Gasteiger partial charge >= 0.3 is 0 Å². The molecule has 1 heterocycles. The summed E-state index contributed by atoms with van der Waals surface area (Å²) in [6, 6.07) is 13.2. The molecule has 0 amide bonds. The number of nitrogens with one attached hydrogen (secondary N) is 1. The Balaban J connectivity index is 2.06. The molecule has 2 aromatic rings. The summed E-state index contributed by atoms with van der Waals surface area (Å²) in [7, 11) is 0. The number of nitriles is 1. The molecule has 1 aromatic carbocycles. The van der Waals surface area contributed by atoms with E-state index in [1.54, 1.807) is 12.3 Å². The van der Waals surface area contributed by atoms with Crippen molar-refractivity contribution in [1.82, 2.24) is 4.98 Å². The number of hydrogen-bond acceptors (Lipinski definition) is 4. The quantitative estimate of drug-likeness (QED) is 0.897. The molecule has 4 nitrogen and oxygen atoms in total. The Morgan fingerprint density at radius 3 is 2.74 bits per heavy atom. The zero-order chi connectivity index (χ0) is 13.7. The summed E-state index contributed by atoms with van der Waals surface area (Å²) in [6.07, 6.45) is 1.54. The first kappa shape index (κ1) is 13.3. The van der Waals surface area contributed by atoms with Gasteiger partial charge in [-0.1, -0.05) is 41.9 Å². The first-order valence-electron chi connectivity index (χ1n) is 5.81. The predicted octanol–water partition coefficient (Wildman–Crippen LogP) is 2.72. The van der Waals surface area contributed by atoms with Crippen LogP contribution in [-0.2, 0) is 0 Å². The highest BCUT2D eigenvalue weighted by atomic mass is 35.5. The molecule has 2 rings (SSSR count). The molecular formula is C14H13ClN4. The number of benzene rings is 1. The van der Waals surface area contributed by atoms with Crippen molar-refractivity contribution in [3.8, 4) is 6.07 Å². The standard InChI is InChI=1S/C14H13ClN4/c15-13-11(8-16)6-7-18-14(13)19-9-12(17)10-4-2-1-3-5-10/h1-7,12H,9,17H2,(H,18,19). The summed E-state index contributed by atoms with van der Waals surface area (Å²) in [5.74, 6) is 0.479. The van der Waals surface area contributed by atoms with E-state index in [4.69, 9.17) is 22.6 Å². The van der Waals surface area contributed by atoms with E-state index >= 15 is 0 Å². The Morgan fingerprint density at radius 2 is 2.05 bits per heavy atom. The number of aromatic nitrogens is 1. The molecule has 1 atom stereocenters. The molecule has 0 aliphatic heterocycles. The number of rotatable bonds is 4. The van der Waals surface area contributed by atoms with Gasteiger partial charge in [0.25, 0.3) is 0 Å². The van der Waals surface area contributed by atoms with Gasteiger partial charge in [0.2, 0.25) is 0 Å². The van der Waals surface area contributed by atoms with Gasteiger partial charge < -0.3 is 11.1 Å². The summed E-state index contributed by atoms with van der Waals surface area (Å²) in [5, 5.41) is 12.3. The smallest absolute Gasteiger partial charge is 0.146 e. The number of hydrogen-bond donors (Lipinski definition) is 2. The van der Waals surface area contributed by atoms with E-state index < -0.39 is 0 Å². The van der Waals surface area contributed by atoms with Crippen molar-refractivity contribution >= 4 is 17.4 Å². The van der Waals surface area contributed by atoms with Crippen LogP contribution in [0.1, 0.15) is 17.2 Å². The maximum absolute atomic E-state index is 8.88. The molecule has 0 aliphatic rings. The SMILES string of the molecule is N#Cc1ccnc(NCC(N)c2ccccc2)c1Cl. The van der Waals surface area contributed by atoms with Gasteiger partial charge in [0.15, 0.2) is 0 Å². The molecule has 19 heavy (non-hydrogen) atoms. The number of halogens is 1. The van der Waals surface area contributed by atoms with Crippen LogP contribution in [0.3, 0.4) is 0 Å². The lowest BCUT2D eigenvalue weighted by molar-refractivity contribution is 0.762. The van der Waals surface area contributed by atoms with Crippen LogP contribution >= 0.6 is 11.6 Å². The topological polar surface area (TPSA) is 74.7 Å². The van der Waals surface area contributed by atoms with Crippen LogP contribution in [0.4, 0.5) is 5.82 Å². The Labute approximate surface area is 116 Å². The Bertz CT molecular complexity index is 592. The van der Waals surface area contributed by atoms with Crippen molar-refractivity contribution in [2.45, 2.75) is 6.04 Å². The zero-order valence-corrected chi connectivity index (χ0v) is 10.9. The normalized spacial score (nSPS) is 11.6. The fraction of sp³-hybridized carbons (Fsp3) is 0.143. The lowest BCUT2D eigenvalue weighted by atomic mass is 10.1. The minimum atomic E-state index is -0.162. The summed E-state index contributed by atoms with van der Waals surface area (Å²) in [4.78, 5) is 4.10. The van der Waals surface area contributed by atoms with Crippen molar-refractivity contribution in [2.75, 3.05) is 11.9 Å². The maximum Gasteiger partial charge on any atom is 0.146 e. The number of nitrogens with two attached hydrogens (primary N) is 1. The fourth-order valence-electron chi connectivity index (χ4n) is 1.68. The molecule has 0 saturated heterocycles. The molecule has 1 aromatic heterocycles. The summed E-state index contributed by atoms with van der Waals surface area (Å²) < 4.78 is 0. The van der Waals surface area contributed by atoms with E-state index in [-0.39, 0.29) is 6.04 Å². The first-order chi connectivity index (χ1) is 9.22. The molecule has 96 valence electrons. The van der Waals surface area contributed by atoms with Crippen LogP contribution < -0.4 is 11.1 Å². The number of anilines is 1. The second-order valence-corrected chi connectivity index (χ2v) is 4.41. The third kappa shape index (κ3) is 3.22. The third-order valence-electron chi connectivity index (χ3n) is 2.73. The first-order valence-corrected chi connectivity index (χ1v) is 6.19. The molecule has 0 aliphatic carbocycles. The molecule has 0 saturated carbocycles. The van der Waals surface area contributed by atoms with Gasteiger partial charge in [-0.05, 0) is 11.6 Å². The van der Waals surface area contributed by atoms with Gasteiger partial charge in [0.1, 0.15) is 16.9 Å². The highest BCUT2D eigenvalue weighted by Crippen LogP contribution is 2.23. The van der Waals surface area contributed by atoms with Crippen LogP contribution in [0.2, 0.25) is 5.02 Å². The fourth-order valence-corrected chi connectivity index (χ4v) is 1.90. The molecule has 0 radical (unpaired) electrons. The van der Waals surface area contributed by atoms with Gasteiger partial charge in [0, 0.05) is 18.8 Å². The molecule has 3 N–H and O–H groups in total. The van der Waals surface area contributed by atoms with Gasteiger partial charge in [0.05, 0.1) is 5.56 Å². The van der Waals surface area contributed by atoms with Crippen molar-refractivity contribution in [2.24, 2.45) is 5.73 Å². The van der Waals surface area contributed by atoms with Crippen molar-refractivity contribution in [3.63, 3.8) is 0 Å². The number of pyridine rings is 1. The predicted molar refractivity (Wildman–Crippen MR) is 75.8 cm³/mol. The van der Waals surface area contributed by atoms with E-state index in [0.717, 1.165) is 5.56 Å². The second kappa shape index (κ2) is 6.19. The van der Waals surface area contributed by atoms with Gasteiger partial charge in [-0.15, -0.1) is 0 Å². The summed E-state index contributed by atoms with van der Waals surface area (Å²) >= 11 is 6.05. The summed E-state index contributed by atoms with van der Waals surface area (Å²) in [6.45, 7) is 0.492. The molecule has 5 heteroatoms. The van der Waals surface area contributed by atoms with Crippen molar-refractivity contribution < 1.29 is 0 Å². The zero-order valence-electron chi connectivity index (χ0n) is 10.2. The van der Waals surface area contributed by atoms with E-state index in [1.807, 2.05) is 36.4 Å². The van der Waals surface area contributed by atoms with Gasteiger partial charge in [-0.25, -0.2) is 4.98 Å². The van der Waals surface area contributed by atoms with Crippen molar-refractivity contribution in [1.29, 1.82) is 5.26 Å². The van der Waals surface area contributed by atoms with E-state index in [1.165, 1.54) is 0 Å². The summed E-state index contributed by atoms with van der Waals surface area (Å²) in [5.41, 5.74) is 7.49. The highest BCUT2D eigenvalue weighted by molar-refractivity contribution is 6.34. The molecular weight excluding hydrogens is 260 g/mol. The maximum atomic E-state index is 8.88. The molecule has 0 bridgehead atoms. The minimum Gasteiger partial charge on any atom is -0.367 e. The van der Waals surface area contributed by atoms with Crippen LogP contribution in [0.15, 0.2) is 42.6 Å². The molecule has 1 unspecified atom stereocenters. The van der Waals surface area contributed by atoms with Gasteiger partial charge in [-0.2, -0.15) is 5.26 Å². The van der Waals surface area contributed by atoms with Crippen LogP contribution in [0, 0.1) is 11.3 Å². The Hall–Kier alpha value is -2.09. The molecule has 0 spiro atoms. The number of nitrogens with zero attached hydrogens (tertiary/aromatic N) is 2. The monoisotopic (exact) mass is 272 g/mol. The Kier molecular flexibility index (Phi) is 4.35. The Morgan fingerprint density at radius 1 is 1.32 bits per heavy atom. The van der Waals surface area contributed by atoms with E-state index in [2.05, 4.69) is 10.3 Å². The average Bonchev–Trinajstić information content (AvgIpc) is 2.47. The van der Waals surface area contributed by atoms with E-state index in [0.29, 0.717) is 22.9 Å². The van der Waals surface area contributed by atoms with Gasteiger partial charge in [-0.3, -0.25) is 0 Å². The lowest BCUT2D eigenvalue weighted by Crippen LogP contribution is -2.21.